The second-order valence-electron chi connectivity index (χ2n) is 5.58. The van der Waals surface area contributed by atoms with E-state index in [2.05, 4.69) is 13.8 Å². The summed E-state index contributed by atoms with van der Waals surface area (Å²) in [5, 5.41) is 0. The molecule has 0 aliphatic carbocycles. The third-order valence-electron chi connectivity index (χ3n) is 3.50. The summed E-state index contributed by atoms with van der Waals surface area (Å²) in [5.74, 6) is -0.0827. The Morgan fingerprint density at radius 1 is 0.800 bits per heavy atom. The molecule has 0 aromatic carbocycles. The summed E-state index contributed by atoms with van der Waals surface area (Å²) in [6.45, 7) is 4.43. The third kappa shape index (κ3) is 15.3. The van der Waals surface area contributed by atoms with Gasteiger partial charge in [0.1, 0.15) is 0 Å². The van der Waals surface area contributed by atoms with Crippen molar-refractivity contribution in [3.63, 3.8) is 0 Å². The van der Waals surface area contributed by atoms with E-state index in [9.17, 15) is 4.79 Å². The molecule has 2 nitrogen and oxygen atoms in total. The van der Waals surface area contributed by atoms with Gasteiger partial charge in [0, 0.05) is 6.42 Å². The molecule has 0 aromatic heterocycles. The van der Waals surface area contributed by atoms with Gasteiger partial charge in [-0.15, -0.1) is 0 Å². The van der Waals surface area contributed by atoms with E-state index in [1.165, 1.54) is 57.8 Å². The highest BCUT2D eigenvalue weighted by molar-refractivity contribution is 5.69. The van der Waals surface area contributed by atoms with Gasteiger partial charge in [0.05, 0.1) is 6.26 Å². The summed E-state index contributed by atoms with van der Waals surface area (Å²) in [7, 11) is 0. The summed E-state index contributed by atoms with van der Waals surface area (Å²) in [6.07, 6.45) is 18.8. The first-order chi connectivity index (χ1) is 9.81. The van der Waals surface area contributed by atoms with E-state index in [1.807, 2.05) is 6.08 Å². The Bertz CT molecular complexity index is 234. The quantitative estimate of drug-likeness (QED) is 0.217. The molecule has 0 unspecified atom stereocenters. The molecule has 0 radical (unpaired) electrons. The van der Waals surface area contributed by atoms with Crippen LogP contribution in [0.5, 0.6) is 0 Å². The van der Waals surface area contributed by atoms with Gasteiger partial charge in [-0.05, 0) is 25.3 Å². The summed E-state index contributed by atoms with van der Waals surface area (Å²) in [5.41, 5.74) is 0. The number of esters is 1. The fourth-order valence-corrected chi connectivity index (χ4v) is 2.17. The second-order valence-corrected chi connectivity index (χ2v) is 5.58. The van der Waals surface area contributed by atoms with Crippen LogP contribution in [0.4, 0.5) is 0 Å². The van der Waals surface area contributed by atoms with Gasteiger partial charge in [-0.25, -0.2) is 0 Å². The van der Waals surface area contributed by atoms with Crippen molar-refractivity contribution >= 4 is 5.97 Å². The number of hydrogen-bond acceptors (Lipinski definition) is 2. The Morgan fingerprint density at radius 3 is 2.00 bits per heavy atom. The first kappa shape index (κ1) is 19.2. The monoisotopic (exact) mass is 282 g/mol. The van der Waals surface area contributed by atoms with Crippen LogP contribution >= 0.6 is 0 Å². The molecule has 0 N–H and O–H groups in total. The van der Waals surface area contributed by atoms with Crippen molar-refractivity contribution in [3.05, 3.63) is 12.3 Å². The zero-order valence-corrected chi connectivity index (χ0v) is 13.7. The highest BCUT2D eigenvalue weighted by Gasteiger charge is 1.99. The largest absolute Gasteiger partial charge is 0.435 e. The fraction of sp³-hybridized carbons (Fsp3) is 0.833. The molecule has 0 fully saturated rings. The highest BCUT2D eigenvalue weighted by atomic mass is 16.5. The first-order valence-electron chi connectivity index (χ1n) is 8.65. The molecule has 0 saturated heterocycles. The molecule has 0 aliphatic rings. The van der Waals surface area contributed by atoms with Crippen molar-refractivity contribution in [1.82, 2.24) is 0 Å². The molecule has 118 valence electrons. The van der Waals surface area contributed by atoms with Crippen molar-refractivity contribution in [2.24, 2.45) is 0 Å². The van der Waals surface area contributed by atoms with Crippen LogP contribution in [-0.4, -0.2) is 5.97 Å². The molecular weight excluding hydrogens is 248 g/mol. The van der Waals surface area contributed by atoms with Crippen LogP contribution in [0.1, 0.15) is 97.3 Å². The Labute approximate surface area is 126 Å². The van der Waals surface area contributed by atoms with Gasteiger partial charge in [-0.2, -0.15) is 0 Å². The van der Waals surface area contributed by atoms with Gasteiger partial charge in [0.15, 0.2) is 0 Å². The zero-order valence-electron chi connectivity index (χ0n) is 13.7. The third-order valence-corrected chi connectivity index (χ3v) is 3.50. The standard InChI is InChI=1S/C18H34O2/c1-3-5-7-9-10-11-13-15-17-20-18(19)16-14-12-8-6-4-2/h15,17H,3-14,16H2,1-2H3. The van der Waals surface area contributed by atoms with Crippen molar-refractivity contribution in [2.75, 3.05) is 0 Å². The number of unbranched alkanes of at least 4 members (excludes halogenated alkanes) is 10. The topological polar surface area (TPSA) is 26.3 Å². The zero-order chi connectivity index (χ0) is 14.9. The number of ether oxygens (including phenoxy) is 1. The summed E-state index contributed by atoms with van der Waals surface area (Å²) in [4.78, 5) is 11.4. The Kier molecular flexibility index (Phi) is 15.6. The van der Waals surface area contributed by atoms with Gasteiger partial charge in [-0.3, -0.25) is 4.79 Å². The van der Waals surface area contributed by atoms with Crippen LogP contribution in [0.3, 0.4) is 0 Å². The van der Waals surface area contributed by atoms with E-state index in [4.69, 9.17) is 4.74 Å². The van der Waals surface area contributed by atoms with Crippen LogP contribution in [0, 0.1) is 0 Å². The van der Waals surface area contributed by atoms with Gasteiger partial charge in [0.2, 0.25) is 0 Å². The van der Waals surface area contributed by atoms with Crippen LogP contribution in [0.2, 0.25) is 0 Å². The van der Waals surface area contributed by atoms with Gasteiger partial charge < -0.3 is 4.74 Å². The molecule has 0 atom stereocenters. The van der Waals surface area contributed by atoms with Crippen molar-refractivity contribution in [1.29, 1.82) is 0 Å². The number of hydrogen-bond donors (Lipinski definition) is 0. The molecule has 0 heterocycles. The average Bonchev–Trinajstić information content (AvgIpc) is 2.45. The van der Waals surface area contributed by atoms with Gasteiger partial charge >= 0.3 is 5.97 Å². The van der Waals surface area contributed by atoms with E-state index in [0.717, 1.165) is 19.3 Å². The molecule has 0 aromatic rings. The maximum Gasteiger partial charge on any atom is 0.310 e. The normalized spacial score (nSPS) is 11.1. The van der Waals surface area contributed by atoms with E-state index in [0.29, 0.717) is 6.42 Å². The molecule has 2 heteroatoms. The number of allylic oxidation sites excluding steroid dienone is 1. The maximum atomic E-state index is 11.4. The molecule has 20 heavy (non-hydrogen) atoms. The minimum absolute atomic E-state index is 0.0827. The van der Waals surface area contributed by atoms with Crippen molar-refractivity contribution in [2.45, 2.75) is 97.3 Å². The first-order valence-corrected chi connectivity index (χ1v) is 8.65. The Morgan fingerprint density at radius 2 is 1.35 bits per heavy atom. The molecular formula is C18H34O2. The van der Waals surface area contributed by atoms with Crippen LogP contribution in [-0.2, 0) is 9.53 Å². The second kappa shape index (κ2) is 16.3. The van der Waals surface area contributed by atoms with Gasteiger partial charge in [-0.1, -0.05) is 71.6 Å². The Hall–Kier alpha value is -0.790. The lowest BCUT2D eigenvalue weighted by atomic mass is 10.1. The van der Waals surface area contributed by atoms with E-state index in [1.54, 1.807) is 6.26 Å². The van der Waals surface area contributed by atoms with E-state index < -0.39 is 0 Å². The van der Waals surface area contributed by atoms with Crippen molar-refractivity contribution in [3.8, 4) is 0 Å². The predicted molar refractivity (Wildman–Crippen MR) is 86.6 cm³/mol. The number of carbonyl (C=O) groups is 1. The molecule has 0 spiro atoms. The summed E-state index contributed by atoms with van der Waals surface area (Å²) in [6, 6.07) is 0. The van der Waals surface area contributed by atoms with E-state index in [-0.39, 0.29) is 5.97 Å². The molecule has 0 bridgehead atoms. The predicted octanol–water partition coefficient (Wildman–Crippen LogP) is 6.15. The van der Waals surface area contributed by atoms with E-state index >= 15 is 0 Å². The lowest BCUT2D eigenvalue weighted by molar-refractivity contribution is -0.138. The maximum absolute atomic E-state index is 11.4. The van der Waals surface area contributed by atoms with Gasteiger partial charge in [0.25, 0.3) is 0 Å². The minimum Gasteiger partial charge on any atom is -0.435 e. The summed E-state index contributed by atoms with van der Waals surface area (Å²) >= 11 is 0. The number of rotatable bonds is 14. The van der Waals surface area contributed by atoms with Crippen molar-refractivity contribution < 1.29 is 9.53 Å². The number of carbonyl (C=O) groups excluding carboxylic acids is 1. The molecule has 0 rings (SSSR count). The lowest BCUT2D eigenvalue weighted by Gasteiger charge is -2.00. The van der Waals surface area contributed by atoms with Crippen LogP contribution in [0.25, 0.3) is 0 Å². The van der Waals surface area contributed by atoms with Crippen LogP contribution in [0.15, 0.2) is 12.3 Å². The SMILES string of the molecule is CCCCCCCCC=COC(=O)CCCCCCC. The highest BCUT2D eigenvalue weighted by Crippen LogP contribution is 2.08. The van der Waals surface area contributed by atoms with Crippen LogP contribution < -0.4 is 0 Å². The average molecular weight is 282 g/mol. The Balaban J connectivity index is 3.25. The smallest absolute Gasteiger partial charge is 0.310 e. The molecule has 0 saturated carbocycles. The minimum atomic E-state index is -0.0827. The molecule has 0 amide bonds. The lowest BCUT2D eigenvalue weighted by Crippen LogP contribution is -1.98. The molecule has 0 aliphatic heterocycles. The summed E-state index contributed by atoms with van der Waals surface area (Å²) < 4.78 is 5.07. The fourth-order valence-electron chi connectivity index (χ4n) is 2.17.